The molecule has 0 aliphatic carbocycles. The predicted octanol–water partition coefficient (Wildman–Crippen LogP) is -0.0956. The predicted molar refractivity (Wildman–Crippen MR) is 67.7 cm³/mol. The average molecular weight is 286 g/mol. The molecule has 1 aromatic heterocycles. The van der Waals surface area contributed by atoms with E-state index in [0.29, 0.717) is 5.01 Å². The number of carbonyl (C=O) groups is 3. The normalized spacial score (nSPS) is 10.8. The van der Waals surface area contributed by atoms with Crippen LogP contribution >= 0.6 is 11.3 Å². The Bertz CT molecular complexity index is 511. The van der Waals surface area contributed by atoms with Crippen LogP contribution in [-0.2, 0) is 11.3 Å². The molecule has 1 heterocycles. The number of hydrogen-bond donors (Lipinski definition) is 4. The minimum atomic E-state index is -1.17. The number of carbonyl (C=O) groups excluding carboxylic acids is 2. The van der Waals surface area contributed by atoms with Crippen molar-refractivity contribution in [3.63, 3.8) is 0 Å². The molecule has 0 aliphatic rings. The zero-order valence-electron chi connectivity index (χ0n) is 10.4. The molecule has 0 atom stereocenters. The summed E-state index contributed by atoms with van der Waals surface area (Å²) in [6.45, 7) is 3.01. The lowest BCUT2D eigenvalue weighted by Gasteiger charge is -2.22. The highest BCUT2D eigenvalue weighted by atomic mass is 32.1. The highest BCUT2D eigenvalue weighted by molar-refractivity contribution is 7.09. The topological polar surface area (TPSA) is 134 Å². The van der Waals surface area contributed by atoms with Crippen molar-refractivity contribution in [1.82, 2.24) is 15.6 Å². The van der Waals surface area contributed by atoms with Crippen LogP contribution in [0.25, 0.3) is 0 Å². The Morgan fingerprint density at radius 3 is 2.58 bits per heavy atom. The Morgan fingerprint density at radius 1 is 1.47 bits per heavy atom. The zero-order valence-corrected chi connectivity index (χ0v) is 11.2. The first-order valence-corrected chi connectivity index (χ1v) is 6.14. The van der Waals surface area contributed by atoms with E-state index in [1.807, 2.05) is 0 Å². The Hall–Kier alpha value is -2.16. The van der Waals surface area contributed by atoms with E-state index in [1.165, 1.54) is 19.2 Å². The second kappa shape index (κ2) is 5.65. The summed E-state index contributed by atoms with van der Waals surface area (Å²) in [5, 5.41) is 15.4. The molecule has 0 saturated carbocycles. The third-order valence-electron chi connectivity index (χ3n) is 2.21. The maximum absolute atomic E-state index is 11.5. The van der Waals surface area contributed by atoms with Crippen molar-refractivity contribution in [3.05, 3.63) is 16.1 Å². The van der Waals surface area contributed by atoms with Gasteiger partial charge in [0.1, 0.15) is 10.5 Å². The van der Waals surface area contributed by atoms with E-state index in [1.54, 1.807) is 0 Å². The van der Waals surface area contributed by atoms with Crippen molar-refractivity contribution < 1.29 is 19.5 Å². The van der Waals surface area contributed by atoms with Crippen molar-refractivity contribution in [2.75, 3.05) is 0 Å². The fourth-order valence-electron chi connectivity index (χ4n) is 1.04. The minimum Gasteiger partial charge on any atom is -0.476 e. The Balaban J connectivity index is 2.50. The molecule has 0 saturated heterocycles. The van der Waals surface area contributed by atoms with Crippen LogP contribution in [0, 0.1) is 0 Å². The molecule has 5 N–H and O–H groups in total. The van der Waals surface area contributed by atoms with Crippen molar-refractivity contribution in [2.24, 2.45) is 5.73 Å². The summed E-state index contributed by atoms with van der Waals surface area (Å²) in [6, 6.07) is -0.587. The van der Waals surface area contributed by atoms with Gasteiger partial charge in [0, 0.05) is 5.38 Å². The number of thiazole rings is 1. The summed E-state index contributed by atoms with van der Waals surface area (Å²) in [5.41, 5.74) is 3.87. The van der Waals surface area contributed by atoms with E-state index in [-0.39, 0.29) is 12.2 Å². The van der Waals surface area contributed by atoms with Gasteiger partial charge in [-0.2, -0.15) is 0 Å². The lowest BCUT2D eigenvalue weighted by atomic mass is 10.1. The molecule has 0 unspecified atom stereocenters. The quantitative estimate of drug-likeness (QED) is 0.599. The SMILES string of the molecule is CC(C)(NC(=O)NCc1nc(C(=O)O)cs1)C(N)=O. The van der Waals surface area contributed by atoms with Crippen LogP contribution in [0.3, 0.4) is 0 Å². The summed E-state index contributed by atoms with van der Waals surface area (Å²) in [5.74, 6) is -1.79. The highest BCUT2D eigenvalue weighted by Gasteiger charge is 2.26. The summed E-state index contributed by atoms with van der Waals surface area (Å²) in [6.07, 6.45) is 0. The second-order valence-corrected chi connectivity index (χ2v) is 5.17. The van der Waals surface area contributed by atoms with Crippen LogP contribution in [0.5, 0.6) is 0 Å². The number of primary amides is 1. The maximum Gasteiger partial charge on any atom is 0.355 e. The van der Waals surface area contributed by atoms with Crippen molar-refractivity contribution in [2.45, 2.75) is 25.9 Å². The Labute approximate surface area is 113 Å². The van der Waals surface area contributed by atoms with Gasteiger partial charge >= 0.3 is 12.0 Å². The molecule has 0 bridgehead atoms. The number of nitrogens with one attached hydrogen (secondary N) is 2. The standard InChI is InChI=1S/C10H14N4O4S/c1-10(2,8(11)17)14-9(18)12-3-6-13-5(4-19-6)7(15)16/h4H,3H2,1-2H3,(H2,11,17)(H,15,16)(H2,12,14,18). The largest absolute Gasteiger partial charge is 0.476 e. The lowest BCUT2D eigenvalue weighted by molar-refractivity contribution is -0.122. The van der Waals surface area contributed by atoms with Gasteiger partial charge in [0.25, 0.3) is 0 Å². The first kappa shape index (κ1) is 14.9. The minimum absolute atomic E-state index is 0.0681. The summed E-state index contributed by atoms with van der Waals surface area (Å²) in [7, 11) is 0. The van der Waals surface area contributed by atoms with Gasteiger partial charge in [0.05, 0.1) is 6.54 Å². The first-order chi connectivity index (χ1) is 8.72. The molecule has 19 heavy (non-hydrogen) atoms. The van der Waals surface area contributed by atoms with E-state index in [2.05, 4.69) is 15.6 Å². The zero-order chi connectivity index (χ0) is 14.6. The van der Waals surface area contributed by atoms with Gasteiger partial charge in [0.15, 0.2) is 5.69 Å². The number of hydrogen-bond acceptors (Lipinski definition) is 5. The van der Waals surface area contributed by atoms with Crippen LogP contribution in [0.15, 0.2) is 5.38 Å². The molecule has 0 radical (unpaired) electrons. The number of nitrogens with zero attached hydrogens (tertiary/aromatic N) is 1. The molecular weight excluding hydrogens is 272 g/mol. The number of carboxylic acids is 1. The maximum atomic E-state index is 11.5. The van der Waals surface area contributed by atoms with Crippen LogP contribution in [0.2, 0.25) is 0 Å². The molecular formula is C10H14N4O4S. The fourth-order valence-corrected chi connectivity index (χ4v) is 1.74. The Kier molecular flexibility index (Phi) is 4.43. The molecule has 3 amide bonds. The van der Waals surface area contributed by atoms with Gasteiger partial charge in [-0.25, -0.2) is 14.6 Å². The van der Waals surface area contributed by atoms with E-state index in [0.717, 1.165) is 11.3 Å². The van der Waals surface area contributed by atoms with E-state index in [9.17, 15) is 14.4 Å². The van der Waals surface area contributed by atoms with E-state index in [4.69, 9.17) is 10.8 Å². The summed E-state index contributed by atoms with van der Waals surface area (Å²) >= 11 is 1.12. The van der Waals surface area contributed by atoms with E-state index < -0.39 is 23.4 Å². The fraction of sp³-hybridized carbons (Fsp3) is 0.400. The van der Waals surface area contributed by atoms with Crippen LogP contribution in [0.4, 0.5) is 4.79 Å². The first-order valence-electron chi connectivity index (χ1n) is 5.26. The third-order valence-corrected chi connectivity index (χ3v) is 3.06. The highest BCUT2D eigenvalue weighted by Crippen LogP contribution is 2.09. The lowest BCUT2D eigenvalue weighted by Crippen LogP contribution is -2.55. The Morgan fingerprint density at radius 2 is 2.11 bits per heavy atom. The van der Waals surface area contributed by atoms with Gasteiger partial charge in [-0.3, -0.25) is 4.79 Å². The molecule has 104 valence electrons. The van der Waals surface area contributed by atoms with Crippen LogP contribution in [-0.4, -0.2) is 33.5 Å². The molecule has 1 aromatic rings. The number of aromatic nitrogens is 1. The number of aromatic carboxylic acids is 1. The van der Waals surface area contributed by atoms with Gasteiger partial charge < -0.3 is 21.5 Å². The van der Waals surface area contributed by atoms with E-state index >= 15 is 0 Å². The monoisotopic (exact) mass is 286 g/mol. The molecule has 9 heteroatoms. The molecule has 1 rings (SSSR count). The van der Waals surface area contributed by atoms with Crippen LogP contribution in [0.1, 0.15) is 29.3 Å². The molecule has 0 spiro atoms. The molecule has 0 fully saturated rings. The van der Waals surface area contributed by atoms with Crippen LogP contribution < -0.4 is 16.4 Å². The molecule has 0 aromatic carbocycles. The smallest absolute Gasteiger partial charge is 0.355 e. The molecule has 0 aliphatic heterocycles. The average Bonchev–Trinajstić information content (AvgIpc) is 2.74. The van der Waals surface area contributed by atoms with Gasteiger partial charge in [-0.15, -0.1) is 11.3 Å². The van der Waals surface area contributed by atoms with Gasteiger partial charge in [0.2, 0.25) is 5.91 Å². The third kappa shape index (κ3) is 4.21. The summed E-state index contributed by atoms with van der Waals surface area (Å²) < 4.78 is 0. The van der Waals surface area contributed by atoms with Crippen molar-refractivity contribution >= 4 is 29.2 Å². The second-order valence-electron chi connectivity index (χ2n) is 4.23. The number of urea groups is 1. The number of rotatable bonds is 5. The summed E-state index contributed by atoms with van der Waals surface area (Å²) in [4.78, 5) is 36.9. The van der Waals surface area contributed by atoms with Gasteiger partial charge in [-0.05, 0) is 13.8 Å². The van der Waals surface area contributed by atoms with Gasteiger partial charge in [-0.1, -0.05) is 0 Å². The number of nitrogens with two attached hydrogens (primary N) is 1. The molecule has 8 nitrogen and oxygen atoms in total. The van der Waals surface area contributed by atoms with Crippen molar-refractivity contribution in [3.8, 4) is 0 Å². The number of amides is 3. The van der Waals surface area contributed by atoms with Crippen molar-refractivity contribution in [1.29, 1.82) is 0 Å². The number of carboxylic acid groups (broad SMARTS) is 1.